The van der Waals surface area contributed by atoms with Crippen molar-refractivity contribution < 1.29 is 0 Å². The smallest absolute Gasteiger partial charge is 0.161 e. The molecule has 0 spiro atoms. The van der Waals surface area contributed by atoms with Gasteiger partial charge < -0.3 is 5.32 Å². The third-order valence-electron chi connectivity index (χ3n) is 2.94. The number of hydrogen-bond acceptors (Lipinski definition) is 5. The normalized spacial score (nSPS) is 18.2. The molecule has 4 nitrogen and oxygen atoms in total. The molecule has 0 unspecified atom stereocenters. The molecule has 1 aromatic heterocycles. The van der Waals surface area contributed by atoms with Crippen LogP contribution in [0.2, 0.25) is 0 Å². The average molecular weight is 236 g/mol. The maximum atomic E-state index is 4.76. The zero-order valence-electron chi connectivity index (χ0n) is 9.60. The van der Waals surface area contributed by atoms with Crippen LogP contribution in [0, 0.1) is 0 Å². The van der Waals surface area contributed by atoms with Crippen LogP contribution in [0.1, 0.15) is 26.7 Å². The van der Waals surface area contributed by atoms with Gasteiger partial charge in [0.15, 0.2) is 5.17 Å². The minimum Gasteiger partial charge on any atom is -0.332 e. The predicted octanol–water partition coefficient (Wildman–Crippen LogP) is 2.55. The summed E-state index contributed by atoms with van der Waals surface area (Å²) < 4.78 is 0. The fourth-order valence-corrected chi connectivity index (χ4v) is 2.97. The van der Waals surface area contributed by atoms with Crippen LogP contribution in [0.25, 0.3) is 0 Å². The molecule has 2 heterocycles. The van der Waals surface area contributed by atoms with Crippen molar-refractivity contribution in [2.24, 2.45) is 4.99 Å². The highest BCUT2D eigenvalue weighted by molar-refractivity contribution is 8.14. The van der Waals surface area contributed by atoms with E-state index >= 15 is 0 Å². The molecule has 16 heavy (non-hydrogen) atoms. The average Bonchev–Trinajstić information content (AvgIpc) is 2.75. The number of anilines is 1. The molecule has 0 bridgehead atoms. The molecule has 5 heteroatoms. The van der Waals surface area contributed by atoms with E-state index in [1.165, 1.54) is 6.33 Å². The van der Waals surface area contributed by atoms with Crippen LogP contribution >= 0.6 is 11.8 Å². The molecule has 0 saturated heterocycles. The van der Waals surface area contributed by atoms with Gasteiger partial charge in [-0.05, 0) is 12.8 Å². The van der Waals surface area contributed by atoms with Crippen LogP contribution in [-0.4, -0.2) is 26.4 Å². The number of nitrogens with one attached hydrogen (secondary N) is 1. The summed E-state index contributed by atoms with van der Waals surface area (Å²) >= 11 is 1.78. The highest BCUT2D eigenvalue weighted by Gasteiger charge is 2.31. The van der Waals surface area contributed by atoms with Crippen molar-refractivity contribution in [2.45, 2.75) is 32.2 Å². The van der Waals surface area contributed by atoms with Crippen molar-refractivity contribution in [3.8, 4) is 0 Å². The Balaban J connectivity index is 2.08. The lowest BCUT2D eigenvalue weighted by atomic mass is 9.97. The Labute approximate surface area is 100.0 Å². The standard InChI is InChI=1S/C11H16N4S/c1-3-11(4-2)7-16-10(15-11)14-9-5-12-8-13-6-9/h5-6,8H,3-4,7H2,1-2H3,(H,14,15). The van der Waals surface area contributed by atoms with E-state index in [2.05, 4.69) is 29.1 Å². The van der Waals surface area contributed by atoms with Crippen LogP contribution in [0.4, 0.5) is 5.69 Å². The van der Waals surface area contributed by atoms with Crippen molar-refractivity contribution in [2.75, 3.05) is 11.1 Å². The summed E-state index contributed by atoms with van der Waals surface area (Å²) in [7, 11) is 0. The number of aromatic nitrogens is 2. The molecule has 0 fully saturated rings. The summed E-state index contributed by atoms with van der Waals surface area (Å²) in [6, 6.07) is 0. The third kappa shape index (κ3) is 2.35. The monoisotopic (exact) mass is 236 g/mol. The second kappa shape index (κ2) is 4.82. The predicted molar refractivity (Wildman–Crippen MR) is 68.9 cm³/mol. The summed E-state index contributed by atoms with van der Waals surface area (Å²) in [5, 5.41) is 4.24. The number of rotatable bonds is 3. The van der Waals surface area contributed by atoms with Crippen molar-refractivity contribution in [1.82, 2.24) is 9.97 Å². The van der Waals surface area contributed by atoms with Gasteiger partial charge >= 0.3 is 0 Å². The molecular weight excluding hydrogens is 220 g/mol. The Hall–Kier alpha value is -1.10. The van der Waals surface area contributed by atoms with Gasteiger partial charge in [0.1, 0.15) is 6.33 Å². The Morgan fingerprint density at radius 2 is 2.00 bits per heavy atom. The van der Waals surface area contributed by atoms with Crippen LogP contribution in [0.5, 0.6) is 0 Å². The van der Waals surface area contributed by atoms with E-state index in [9.17, 15) is 0 Å². The summed E-state index contributed by atoms with van der Waals surface area (Å²) in [6.07, 6.45) is 7.22. The first-order valence-corrected chi connectivity index (χ1v) is 6.51. The number of thioether (sulfide) groups is 1. The Morgan fingerprint density at radius 1 is 1.31 bits per heavy atom. The van der Waals surface area contributed by atoms with Crippen molar-refractivity contribution in [3.05, 3.63) is 18.7 Å². The largest absolute Gasteiger partial charge is 0.332 e. The summed E-state index contributed by atoms with van der Waals surface area (Å²) in [5.74, 6) is 1.07. The molecule has 1 aliphatic heterocycles. The van der Waals surface area contributed by atoms with Crippen LogP contribution < -0.4 is 5.32 Å². The van der Waals surface area contributed by atoms with E-state index in [1.54, 1.807) is 24.2 Å². The van der Waals surface area contributed by atoms with Gasteiger partial charge in [0.25, 0.3) is 0 Å². The molecule has 0 atom stereocenters. The van der Waals surface area contributed by atoms with Gasteiger partial charge in [-0.25, -0.2) is 9.97 Å². The number of hydrogen-bond donors (Lipinski definition) is 1. The van der Waals surface area contributed by atoms with E-state index in [4.69, 9.17) is 4.99 Å². The van der Waals surface area contributed by atoms with Gasteiger partial charge in [-0.15, -0.1) is 0 Å². The van der Waals surface area contributed by atoms with Gasteiger partial charge in [0, 0.05) is 5.75 Å². The van der Waals surface area contributed by atoms with Crippen LogP contribution in [0.3, 0.4) is 0 Å². The van der Waals surface area contributed by atoms with Crippen molar-refractivity contribution in [3.63, 3.8) is 0 Å². The zero-order chi connectivity index (χ0) is 11.4. The molecule has 1 aliphatic rings. The molecule has 0 radical (unpaired) electrons. The van der Waals surface area contributed by atoms with E-state index in [1.807, 2.05) is 0 Å². The van der Waals surface area contributed by atoms with Crippen LogP contribution in [-0.2, 0) is 0 Å². The maximum absolute atomic E-state index is 4.76. The molecule has 0 amide bonds. The van der Waals surface area contributed by atoms with Gasteiger partial charge in [-0.2, -0.15) is 0 Å². The second-order valence-electron chi connectivity index (χ2n) is 3.89. The maximum Gasteiger partial charge on any atom is 0.161 e. The zero-order valence-corrected chi connectivity index (χ0v) is 10.4. The van der Waals surface area contributed by atoms with Crippen LogP contribution in [0.15, 0.2) is 23.7 Å². The van der Waals surface area contributed by atoms with E-state index < -0.39 is 0 Å². The Bertz CT molecular complexity index is 373. The molecule has 1 aromatic rings. The summed E-state index contributed by atoms with van der Waals surface area (Å²) in [4.78, 5) is 12.7. The highest BCUT2D eigenvalue weighted by atomic mass is 32.2. The lowest BCUT2D eigenvalue weighted by Crippen LogP contribution is -2.24. The number of aliphatic imine (C=N–C) groups is 1. The van der Waals surface area contributed by atoms with E-state index in [0.29, 0.717) is 0 Å². The molecule has 1 N–H and O–H groups in total. The minimum absolute atomic E-state index is 0.128. The number of nitrogens with zero attached hydrogens (tertiary/aromatic N) is 3. The van der Waals surface area contributed by atoms with Gasteiger partial charge in [-0.3, -0.25) is 4.99 Å². The highest BCUT2D eigenvalue weighted by Crippen LogP contribution is 2.33. The van der Waals surface area contributed by atoms with Gasteiger partial charge in [-0.1, -0.05) is 25.6 Å². The molecular formula is C11H16N4S. The molecule has 2 rings (SSSR count). The van der Waals surface area contributed by atoms with Crippen molar-refractivity contribution in [1.29, 1.82) is 0 Å². The topological polar surface area (TPSA) is 50.2 Å². The van der Waals surface area contributed by atoms with E-state index in [-0.39, 0.29) is 5.54 Å². The lowest BCUT2D eigenvalue weighted by molar-refractivity contribution is 0.456. The summed E-state index contributed by atoms with van der Waals surface area (Å²) in [6.45, 7) is 4.39. The molecule has 0 aliphatic carbocycles. The second-order valence-corrected chi connectivity index (χ2v) is 4.85. The first kappa shape index (κ1) is 11.4. The first-order chi connectivity index (χ1) is 7.78. The van der Waals surface area contributed by atoms with Gasteiger partial charge in [0.05, 0.1) is 23.6 Å². The first-order valence-electron chi connectivity index (χ1n) is 5.53. The SMILES string of the molecule is CCC1(CC)CSC(Nc2cncnc2)=N1. The fraction of sp³-hybridized carbons (Fsp3) is 0.545. The third-order valence-corrected chi connectivity index (χ3v) is 4.09. The molecule has 0 aromatic carbocycles. The fourth-order valence-electron chi connectivity index (χ4n) is 1.65. The minimum atomic E-state index is 0.128. The number of amidine groups is 1. The summed E-state index contributed by atoms with van der Waals surface area (Å²) in [5.41, 5.74) is 1.03. The lowest BCUT2D eigenvalue weighted by Gasteiger charge is -2.20. The quantitative estimate of drug-likeness (QED) is 0.876. The van der Waals surface area contributed by atoms with E-state index in [0.717, 1.165) is 29.4 Å². The van der Waals surface area contributed by atoms with Gasteiger partial charge in [0.2, 0.25) is 0 Å². The Morgan fingerprint density at radius 3 is 2.56 bits per heavy atom. The molecule has 0 saturated carbocycles. The van der Waals surface area contributed by atoms with Crippen molar-refractivity contribution >= 4 is 22.6 Å². The molecule has 86 valence electrons. The Kier molecular flexibility index (Phi) is 3.43.